The molecule has 74 valence electrons. The van der Waals surface area contributed by atoms with Crippen LogP contribution in [0.3, 0.4) is 0 Å². The van der Waals surface area contributed by atoms with Crippen LogP contribution in [-0.4, -0.2) is 4.75 Å². The van der Waals surface area contributed by atoms with E-state index in [1.165, 1.54) is 52.1 Å². The van der Waals surface area contributed by atoms with Crippen molar-refractivity contribution in [1.29, 1.82) is 0 Å². The van der Waals surface area contributed by atoms with E-state index in [1.54, 1.807) is 5.30 Å². The minimum atomic E-state index is 0.805. The largest absolute Gasteiger partial charge is 0.241 e. The maximum atomic E-state index is 4.43. The molecule has 1 nitrogen and oxygen atoms in total. The second kappa shape index (κ2) is 6.57. The molecule has 1 atom stereocenters. The van der Waals surface area contributed by atoms with Crippen molar-refractivity contribution < 1.29 is 0 Å². The summed E-state index contributed by atoms with van der Waals surface area (Å²) in [6.45, 7) is 4.43. The molecular weight excluding hydrogens is 196 g/mol. The summed E-state index contributed by atoms with van der Waals surface area (Å²) >= 11 is 0. The van der Waals surface area contributed by atoms with Crippen LogP contribution in [0.2, 0.25) is 0 Å². The van der Waals surface area contributed by atoms with Gasteiger partial charge in [-0.1, -0.05) is 32.6 Å². The number of hydrogen-bond donors (Lipinski definition) is 0. The molecule has 0 N–H and O–H groups in total. The molecule has 3 heteroatoms. The Labute approximate surface area is 84.5 Å². The van der Waals surface area contributed by atoms with E-state index >= 15 is 0 Å². The fraction of sp³-hybridized carbons (Fsp3) is 0.800. The first-order chi connectivity index (χ1) is 6.34. The van der Waals surface area contributed by atoms with Gasteiger partial charge in [0.05, 0.1) is 0 Å². The van der Waals surface area contributed by atoms with E-state index in [4.69, 9.17) is 0 Å². The Morgan fingerprint density at radius 3 is 2.62 bits per heavy atom. The van der Waals surface area contributed by atoms with Gasteiger partial charge in [-0.25, -0.2) is 4.75 Å². The van der Waals surface area contributed by atoms with Gasteiger partial charge in [-0.3, -0.25) is 0 Å². The van der Waals surface area contributed by atoms with Crippen LogP contribution in [0.4, 0.5) is 0 Å². The average Bonchev–Trinajstić information content (AvgIpc) is 2.52. The van der Waals surface area contributed by atoms with E-state index in [-0.39, 0.29) is 0 Å². The maximum Gasteiger partial charge on any atom is 0.0495 e. The Morgan fingerprint density at radius 1 is 1.23 bits per heavy atom. The standard InChI is InChI=1S/C10H19NP2/c1-3-4-5-6-7-8-10-9(2)11-13-12-10/h13H,3-8H2,1-2H3. The van der Waals surface area contributed by atoms with Gasteiger partial charge in [0.25, 0.3) is 0 Å². The van der Waals surface area contributed by atoms with Crippen molar-refractivity contribution >= 4 is 15.9 Å². The Bertz CT molecular complexity index is 233. The first-order valence-electron chi connectivity index (χ1n) is 5.21. The van der Waals surface area contributed by atoms with Crippen LogP contribution in [0.5, 0.6) is 0 Å². The molecule has 0 amide bonds. The quantitative estimate of drug-likeness (QED) is 0.636. The third kappa shape index (κ3) is 4.25. The number of aromatic nitrogens is 1. The smallest absolute Gasteiger partial charge is 0.0495 e. The molecule has 1 aromatic rings. The highest BCUT2D eigenvalue weighted by atomic mass is 31.8. The van der Waals surface area contributed by atoms with Crippen LogP contribution in [-0.2, 0) is 6.42 Å². The summed E-state index contributed by atoms with van der Waals surface area (Å²) in [6.07, 6.45) is 8.24. The second-order valence-corrected chi connectivity index (χ2v) is 5.98. The van der Waals surface area contributed by atoms with E-state index in [9.17, 15) is 0 Å². The zero-order valence-electron chi connectivity index (χ0n) is 8.64. The van der Waals surface area contributed by atoms with E-state index in [1.807, 2.05) is 0 Å². The summed E-state index contributed by atoms with van der Waals surface area (Å²) < 4.78 is 4.43. The number of hydrogen-bond acceptors (Lipinski definition) is 1. The summed E-state index contributed by atoms with van der Waals surface area (Å²) in [5.74, 6) is 0. The highest BCUT2D eigenvalue weighted by molar-refractivity contribution is 7.89. The summed E-state index contributed by atoms with van der Waals surface area (Å²) in [6, 6.07) is 0. The van der Waals surface area contributed by atoms with Gasteiger partial charge in [-0.05, 0) is 35.7 Å². The van der Waals surface area contributed by atoms with E-state index < -0.39 is 0 Å². The molecule has 0 aliphatic carbocycles. The fourth-order valence-electron chi connectivity index (χ4n) is 1.44. The number of nitrogens with zero attached hydrogens (tertiary/aromatic N) is 1. The monoisotopic (exact) mass is 215 g/mol. The SMILES string of the molecule is CCCCCCCc1p[pH]nc1C. The maximum absolute atomic E-state index is 4.43. The van der Waals surface area contributed by atoms with Crippen LogP contribution in [0.15, 0.2) is 0 Å². The lowest BCUT2D eigenvalue weighted by molar-refractivity contribution is 0.633. The van der Waals surface area contributed by atoms with E-state index in [2.05, 4.69) is 18.6 Å². The van der Waals surface area contributed by atoms with Crippen molar-refractivity contribution in [3.63, 3.8) is 0 Å². The number of rotatable bonds is 6. The Hall–Kier alpha value is 0.140. The molecule has 0 radical (unpaired) electrons. The van der Waals surface area contributed by atoms with Crippen molar-refractivity contribution in [2.24, 2.45) is 0 Å². The van der Waals surface area contributed by atoms with Crippen LogP contribution in [0.1, 0.15) is 50.0 Å². The lowest BCUT2D eigenvalue weighted by Crippen LogP contribution is -1.85. The molecular formula is C10H19NP2. The predicted octanol–water partition coefficient (Wildman–Crippen LogP) is 4.51. The van der Waals surface area contributed by atoms with Gasteiger partial charge in [0.15, 0.2) is 0 Å². The molecule has 0 aliphatic heterocycles. The molecule has 0 saturated heterocycles. The van der Waals surface area contributed by atoms with Crippen LogP contribution < -0.4 is 0 Å². The first kappa shape index (κ1) is 11.2. The Kier molecular flexibility index (Phi) is 5.67. The van der Waals surface area contributed by atoms with Gasteiger partial charge in [-0.2, -0.15) is 0 Å². The van der Waals surface area contributed by atoms with Crippen LogP contribution >= 0.6 is 15.9 Å². The minimum absolute atomic E-state index is 0.805. The van der Waals surface area contributed by atoms with Gasteiger partial charge in [0, 0.05) is 11.0 Å². The van der Waals surface area contributed by atoms with Gasteiger partial charge in [0.2, 0.25) is 0 Å². The molecule has 13 heavy (non-hydrogen) atoms. The van der Waals surface area contributed by atoms with Gasteiger partial charge >= 0.3 is 0 Å². The van der Waals surface area contributed by atoms with Crippen molar-refractivity contribution in [2.45, 2.75) is 52.4 Å². The third-order valence-electron chi connectivity index (χ3n) is 2.34. The van der Waals surface area contributed by atoms with Crippen molar-refractivity contribution in [3.8, 4) is 0 Å². The van der Waals surface area contributed by atoms with Crippen molar-refractivity contribution in [3.05, 3.63) is 11.0 Å². The van der Waals surface area contributed by atoms with Gasteiger partial charge in [0.1, 0.15) is 0 Å². The van der Waals surface area contributed by atoms with Gasteiger partial charge < -0.3 is 0 Å². The average molecular weight is 215 g/mol. The number of unbranched alkanes of at least 4 members (excludes halogenated alkanes) is 4. The molecule has 0 bridgehead atoms. The Balaban J connectivity index is 2.10. The topological polar surface area (TPSA) is 12.9 Å². The van der Waals surface area contributed by atoms with Gasteiger partial charge in [-0.15, -0.1) is 0 Å². The Morgan fingerprint density at radius 2 is 2.00 bits per heavy atom. The molecule has 1 aromatic heterocycles. The molecule has 0 fully saturated rings. The molecule has 0 saturated carbocycles. The summed E-state index contributed by atoms with van der Waals surface area (Å²) in [7, 11) is 2.30. The molecule has 0 aliphatic rings. The molecule has 1 rings (SSSR count). The van der Waals surface area contributed by atoms with Crippen molar-refractivity contribution in [1.82, 2.24) is 4.75 Å². The summed E-state index contributed by atoms with van der Waals surface area (Å²) in [5, 5.41) is 1.61. The first-order valence-corrected chi connectivity index (χ1v) is 7.89. The normalized spacial score (nSPS) is 11.8. The zero-order valence-corrected chi connectivity index (χ0v) is 10.5. The molecule has 0 spiro atoms. The van der Waals surface area contributed by atoms with Crippen LogP contribution in [0.25, 0.3) is 0 Å². The second-order valence-electron chi connectivity index (χ2n) is 3.52. The lowest BCUT2D eigenvalue weighted by atomic mass is 10.1. The molecule has 1 heterocycles. The fourth-order valence-corrected chi connectivity index (χ4v) is 4.25. The lowest BCUT2D eigenvalue weighted by Gasteiger charge is -1.99. The zero-order chi connectivity index (χ0) is 9.52. The predicted molar refractivity (Wildman–Crippen MR) is 63.5 cm³/mol. The molecule has 1 unspecified atom stereocenters. The van der Waals surface area contributed by atoms with Crippen molar-refractivity contribution in [2.75, 3.05) is 0 Å². The highest BCUT2D eigenvalue weighted by Gasteiger charge is 1.99. The minimum Gasteiger partial charge on any atom is -0.241 e. The van der Waals surface area contributed by atoms with E-state index in [0.717, 1.165) is 8.03 Å². The molecule has 0 aromatic carbocycles. The van der Waals surface area contributed by atoms with Crippen LogP contribution in [0, 0.1) is 6.92 Å². The summed E-state index contributed by atoms with van der Waals surface area (Å²) in [5.41, 5.74) is 1.33. The number of aryl methyl sites for hydroxylation is 2. The highest BCUT2D eigenvalue weighted by Crippen LogP contribution is 2.28. The summed E-state index contributed by atoms with van der Waals surface area (Å²) in [4.78, 5) is 0. The van der Waals surface area contributed by atoms with E-state index in [0.29, 0.717) is 0 Å². The third-order valence-corrected chi connectivity index (χ3v) is 5.10.